The lowest BCUT2D eigenvalue weighted by Crippen LogP contribution is -2.30. The second-order valence-corrected chi connectivity index (χ2v) is 7.06. The minimum Gasteiger partial charge on any atom is -0.368 e. The van der Waals surface area contributed by atoms with Crippen molar-refractivity contribution >= 4 is 34.8 Å². The lowest BCUT2D eigenvalue weighted by atomic mass is 10.1. The van der Waals surface area contributed by atoms with Crippen molar-refractivity contribution in [2.45, 2.75) is 20.0 Å². The SMILES string of the molecule is Cc1ccc(CN2C(=O)N/C(=C\c3cn(CC(N)=O)c4ccccc34)C2=O)cc1. The number of carbonyl (C=O) groups excluding carboxylic acids is 3. The van der Waals surface area contributed by atoms with Crippen LogP contribution in [0, 0.1) is 6.92 Å². The minimum absolute atomic E-state index is 0.0313. The Morgan fingerprint density at radius 3 is 2.55 bits per heavy atom. The summed E-state index contributed by atoms with van der Waals surface area (Å²) in [5, 5.41) is 3.51. The quantitative estimate of drug-likeness (QED) is 0.519. The second kappa shape index (κ2) is 7.27. The Morgan fingerprint density at radius 2 is 1.83 bits per heavy atom. The number of urea groups is 1. The van der Waals surface area contributed by atoms with E-state index >= 15 is 0 Å². The van der Waals surface area contributed by atoms with Gasteiger partial charge in [-0.05, 0) is 24.6 Å². The van der Waals surface area contributed by atoms with E-state index in [9.17, 15) is 14.4 Å². The maximum Gasteiger partial charge on any atom is 0.329 e. The van der Waals surface area contributed by atoms with Crippen molar-refractivity contribution in [2.75, 3.05) is 0 Å². The maximum atomic E-state index is 12.8. The lowest BCUT2D eigenvalue weighted by Gasteiger charge is -2.11. The van der Waals surface area contributed by atoms with Gasteiger partial charge in [-0.2, -0.15) is 0 Å². The van der Waals surface area contributed by atoms with Gasteiger partial charge in [0.1, 0.15) is 12.2 Å². The molecule has 1 aliphatic rings. The van der Waals surface area contributed by atoms with Crippen LogP contribution >= 0.6 is 0 Å². The predicted molar refractivity (Wildman–Crippen MR) is 109 cm³/mol. The lowest BCUT2D eigenvalue weighted by molar-refractivity contribution is -0.123. The molecule has 29 heavy (non-hydrogen) atoms. The van der Waals surface area contributed by atoms with E-state index in [1.807, 2.05) is 55.5 Å². The Labute approximate surface area is 167 Å². The van der Waals surface area contributed by atoms with Crippen LogP contribution in [0.1, 0.15) is 16.7 Å². The Bertz CT molecular complexity index is 1160. The highest BCUT2D eigenvalue weighted by Gasteiger charge is 2.33. The number of para-hydroxylation sites is 1. The van der Waals surface area contributed by atoms with Crippen LogP contribution in [0.5, 0.6) is 0 Å². The number of aromatic nitrogens is 1. The van der Waals surface area contributed by atoms with Crippen LogP contribution in [0.4, 0.5) is 4.79 Å². The molecule has 7 nitrogen and oxygen atoms in total. The molecule has 3 aromatic rings. The number of carbonyl (C=O) groups is 3. The number of fused-ring (bicyclic) bond motifs is 1. The van der Waals surface area contributed by atoms with Gasteiger partial charge >= 0.3 is 6.03 Å². The van der Waals surface area contributed by atoms with Gasteiger partial charge in [-0.3, -0.25) is 14.5 Å². The van der Waals surface area contributed by atoms with Gasteiger partial charge in [0, 0.05) is 22.7 Å². The number of nitrogens with two attached hydrogens (primary N) is 1. The van der Waals surface area contributed by atoms with Crippen LogP contribution in [0.15, 0.2) is 60.4 Å². The standard InChI is InChI=1S/C22H20N4O3/c1-14-6-8-15(9-7-14)11-26-21(28)18(24-22(26)29)10-16-12-25(13-20(23)27)19-5-3-2-4-17(16)19/h2-10,12H,11,13H2,1H3,(H2,23,27)(H,24,29)/b18-10-. The van der Waals surface area contributed by atoms with E-state index in [1.54, 1.807) is 16.8 Å². The highest BCUT2D eigenvalue weighted by Crippen LogP contribution is 2.25. The first-order valence-corrected chi connectivity index (χ1v) is 9.18. The monoisotopic (exact) mass is 388 g/mol. The number of nitrogens with zero attached hydrogens (tertiary/aromatic N) is 2. The van der Waals surface area contributed by atoms with Crippen molar-refractivity contribution in [3.63, 3.8) is 0 Å². The molecule has 1 fully saturated rings. The average molecular weight is 388 g/mol. The second-order valence-electron chi connectivity index (χ2n) is 7.06. The van der Waals surface area contributed by atoms with Crippen molar-refractivity contribution in [3.05, 3.63) is 77.1 Å². The predicted octanol–water partition coefficient (Wildman–Crippen LogP) is 2.53. The van der Waals surface area contributed by atoms with Crippen LogP contribution in [-0.4, -0.2) is 27.3 Å². The topological polar surface area (TPSA) is 97.4 Å². The molecular weight excluding hydrogens is 368 g/mol. The fourth-order valence-electron chi connectivity index (χ4n) is 3.44. The normalized spacial score (nSPS) is 15.3. The summed E-state index contributed by atoms with van der Waals surface area (Å²) in [5.41, 5.74) is 9.07. The zero-order valence-electron chi connectivity index (χ0n) is 15.9. The summed E-state index contributed by atoms with van der Waals surface area (Å²) in [6, 6.07) is 14.7. The summed E-state index contributed by atoms with van der Waals surface area (Å²) in [7, 11) is 0. The maximum absolute atomic E-state index is 12.8. The van der Waals surface area contributed by atoms with E-state index in [4.69, 9.17) is 5.73 Å². The van der Waals surface area contributed by atoms with Crippen molar-refractivity contribution in [2.24, 2.45) is 5.73 Å². The van der Waals surface area contributed by atoms with Crippen LogP contribution in [0.2, 0.25) is 0 Å². The molecule has 0 atom stereocenters. The molecule has 4 rings (SSSR count). The molecule has 2 heterocycles. The van der Waals surface area contributed by atoms with E-state index in [1.165, 1.54) is 4.90 Å². The molecule has 2 aromatic carbocycles. The van der Waals surface area contributed by atoms with Gasteiger partial charge < -0.3 is 15.6 Å². The number of rotatable bonds is 5. The van der Waals surface area contributed by atoms with Gasteiger partial charge in [-0.15, -0.1) is 0 Å². The number of aryl methyl sites for hydroxylation is 1. The zero-order valence-corrected chi connectivity index (χ0v) is 15.9. The first-order chi connectivity index (χ1) is 13.9. The van der Waals surface area contributed by atoms with Gasteiger partial charge in [-0.25, -0.2) is 4.79 Å². The number of imide groups is 1. The summed E-state index contributed by atoms with van der Waals surface area (Å²) < 4.78 is 1.73. The third-order valence-corrected chi connectivity index (χ3v) is 4.87. The largest absolute Gasteiger partial charge is 0.368 e. The number of amides is 4. The first-order valence-electron chi connectivity index (χ1n) is 9.18. The molecule has 0 saturated carbocycles. The molecule has 0 bridgehead atoms. The van der Waals surface area contributed by atoms with Gasteiger partial charge in [0.2, 0.25) is 5.91 Å². The van der Waals surface area contributed by atoms with E-state index < -0.39 is 11.9 Å². The Kier molecular flexibility index (Phi) is 4.64. The molecule has 0 spiro atoms. The molecule has 1 aliphatic heterocycles. The third kappa shape index (κ3) is 3.62. The highest BCUT2D eigenvalue weighted by atomic mass is 16.2. The molecule has 146 valence electrons. The number of nitrogens with one attached hydrogen (secondary N) is 1. The molecule has 7 heteroatoms. The van der Waals surface area contributed by atoms with Gasteiger partial charge in [0.05, 0.1) is 6.54 Å². The fourth-order valence-corrected chi connectivity index (χ4v) is 3.44. The van der Waals surface area contributed by atoms with Gasteiger partial charge in [-0.1, -0.05) is 48.0 Å². The fraction of sp³-hybridized carbons (Fsp3) is 0.136. The summed E-state index contributed by atoms with van der Waals surface area (Å²) in [5.74, 6) is -0.846. The molecule has 4 amide bonds. The number of hydrogen-bond donors (Lipinski definition) is 2. The molecule has 0 aliphatic carbocycles. The van der Waals surface area contributed by atoms with Crippen molar-refractivity contribution < 1.29 is 14.4 Å². The highest BCUT2D eigenvalue weighted by molar-refractivity contribution is 6.14. The first kappa shape index (κ1) is 18.5. The van der Waals surface area contributed by atoms with Crippen molar-refractivity contribution in [1.29, 1.82) is 0 Å². The van der Waals surface area contributed by atoms with E-state index in [0.717, 1.165) is 27.6 Å². The molecular formula is C22H20N4O3. The van der Waals surface area contributed by atoms with E-state index in [-0.39, 0.29) is 24.7 Å². The van der Waals surface area contributed by atoms with Crippen molar-refractivity contribution in [3.8, 4) is 0 Å². The minimum atomic E-state index is -0.459. The Balaban J connectivity index is 1.65. The summed E-state index contributed by atoms with van der Waals surface area (Å²) in [6.07, 6.45) is 3.39. The summed E-state index contributed by atoms with van der Waals surface area (Å²) >= 11 is 0. The summed E-state index contributed by atoms with van der Waals surface area (Å²) in [4.78, 5) is 37.7. The smallest absolute Gasteiger partial charge is 0.329 e. The molecule has 1 saturated heterocycles. The molecule has 0 radical (unpaired) electrons. The van der Waals surface area contributed by atoms with Crippen LogP contribution in [0.3, 0.4) is 0 Å². The van der Waals surface area contributed by atoms with Crippen LogP contribution in [0.25, 0.3) is 17.0 Å². The number of benzene rings is 2. The number of hydrogen-bond acceptors (Lipinski definition) is 3. The zero-order chi connectivity index (χ0) is 20.5. The average Bonchev–Trinajstić information content (AvgIpc) is 3.16. The Hall–Kier alpha value is -3.87. The van der Waals surface area contributed by atoms with Crippen LogP contribution < -0.4 is 11.1 Å². The molecule has 3 N–H and O–H groups in total. The van der Waals surface area contributed by atoms with E-state index in [0.29, 0.717) is 0 Å². The van der Waals surface area contributed by atoms with Crippen LogP contribution in [-0.2, 0) is 22.7 Å². The molecule has 1 aromatic heterocycles. The van der Waals surface area contributed by atoms with Crippen molar-refractivity contribution in [1.82, 2.24) is 14.8 Å². The molecule has 0 unspecified atom stereocenters. The summed E-state index contributed by atoms with van der Waals surface area (Å²) in [6.45, 7) is 2.21. The Morgan fingerprint density at radius 1 is 1.10 bits per heavy atom. The van der Waals surface area contributed by atoms with Gasteiger partial charge in [0.15, 0.2) is 0 Å². The van der Waals surface area contributed by atoms with E-state index in [2.05, 4.69) is 5.32 Å². The number of primary amides is 1. The van der Waals surface area contributed by atoms with Gasteiger partial charge in [0.25, 0.3) is 5.91 Å². The third-order valence-electron chi connectivity index (χ3n) is 4.87.